The monoisotopic (exact) mass is 443 g/mol. The van der Waals surface area contributed by atoms with Gasteiger partial charge in [-0.25, -0.2) is 9.80 Å². The van der Waals surface area contributed by atoms with Gasteiger partial charge in [-0.3, -0.25) is 15.0 Å². The summed E-state index contributed by atoms with van der Waals surface area (Å²) >= 11 is 3.35. The maximum absolute atomic E-state index is 12.5. The van der Waals surface area contributed by atoms with Gasteiger partial charge in [-0.1, -0.05) is 15.9 Å². The zero-order chi connectivity index (χ0) is 20.1. The van der Waals surface area contributed by atoms with Crippen LogP contribution in [0.5, 0.6) is 0 Å². The molecule has 1 aliphatic rings. The van der Waals surface area contributed by atoms with E-state index in [1.54, 1.807) is 49.4 Å². The molecule has 0 unspecified atom stereocenters. The summed E-state index contributed by atoms with van der Waals surface area (Å²) in [6, 6.07) is 13.5. The second kappa shape index (κ2) is 8.71. The standard InChI is InChI=1S/C20H18BrN3O4/c1-2-28-20(27)13-3-7-15(8-4-13)22-19(26)17-11-12-18(25)24(23-17)16-9-5-14(21)6-10-16/h3-11,23H,2,12H2,1H3,(H,22,26). The van der Waals surface area contributed by atoms with E-state index in [9.17, 15) is 14.4 Å². The highest BCUT2D eigenvalue weighted by molar-refractivity contribution is 9.10. The molecule has 0 saturated carbocycles. The first-order chi connectivity index (χ1) is 13.5. The summed E-state index contributed by atoms with van der Waals surface area (Å²) in [4.78, 5) is 36.4. The molecule has 0 radical (unpaired) electrons. The molecule has 0 fully saturated rings. The summed E-state index contributed by atoms with van der Waals surface area (Å²) in [5, 5.41) is 4.08. The second-order valence-electron chi connectivity index (χ2n) is 5.89. The van der Waals surface area contributed by atoms with Gasteiger partial charge >= 0.3 is 5.97 Å². The number of hydrogen-bond acceptors (Lipinski definition) is 5. The quantitative estimate of drug-likeness (QED) is 0.691. The molecule has 0 spiro atoms. The lowest BCUT2D eigenvalue weighted by atomic mass is 10.2. The number of halogens is 1. The third-order valence-electron chi connectivity index (χ3n) is 3.95. The number of rotatable bonds is 5. The second-order valence-corrected chi connectivity index (χ2v) is 6.81. The predicted molar refractivity (Wildman–Crippen MR) is 108 cm³/mol. The number of amides is 2. The average molecular weight is 444 g/mol. The van der Waals surface area contributed by atoms with E-state index in [0.29, 0.717) is 23.5 Å². The van der Waals surface area contributed by atoms with Crippen LogP contribution in [0.3, 0.4) is 0 Å². The molecule has 0 saturated heterocycles. The normalized spacial score (nSPS) is 13.4. The molecule has 0 atom stereocenters. The fourth-order valence-corrected chi connectivity index (χ4v) is 2.82. The first kappa shape index (κ1) is 19.6. The summed E-state index contributed by atoms with van der Waals surface area (Å²) in [6.07, 6.45) is 1.65. The Morgan fingerprint density at radius 3 is 2.46 bits per heavy atom. The number of hydrazine groups is 1. The molecular formula is C20H18BrN3O4. The lowest BCUT2D eigenvalue weighted by Gasteiger charge is -2.28. The number of carbonyl (C=O) groups is 3. The fourth-order valence-electron chi connectivity index (χ4n) is 2.55. The van der Waals surface area contributed by atoms with Crippen LogP contribution in [0.15, 0.2) is 64.8 Å². The molecule has 2 amide bonds. The summed E-state index contributed by atoms with van der Waals surface area (Å²) in [5.74, 6) is -0.975. The van der Waals surface area contributed by atoms with E-state index in [-0.39, 0.29) is 18.0 Å². The van der Waals surface area contributed by atoms with Gasteiger partial charge in [-0.05, 0) is 61.5 Å². The van der Waals surface area contributed by atoms with Crippen molar-refractivity contribution in [1.29, 1.82) is 0 Å². The predicted octanol–water partition coefficient (Wildman–Crippen LogP) is 3.39. The largest absolute Gasteiger partial charge is 0.462 e. The Kier molecular flexibility index (Phi) is 6.10. The Balaban J connectivity index is 1.68. The van der Waals surface area contributed by atoms with Crippen molar-refractivity contribution in [2.45, 2.75) is 13.3 Å². The van der Waals surface area contributed by atoms with Crippen molar-refractivity contribution >= 4 is 45.1 Å². The lowest BCUT2D eigenvalue weighted by molar-refractivity contribution is -0.119. The maximum Gasteiger partial charge on any atom is 0.338 e. The topological polar surface area (TPSA) is 87.7 Å². The van der Waals surface area contributed by atoms with Gasteiger partial charge in [-0.2, -0.15) is 0 Å². The van der Waals surface area contributed by atoms with Crippen LogP contribution in [0, 0.1) is 0 Å². The van der Waals surface area contributed by atoms with E-state index in [1.807, 2.05) is 12.1 Å². The van der Waals surface area contributed by atoms with Crippen LogP contribution in [0.4, 0.5) is 11.4 Å². The molecule has 144 valence electrons. The molecule has 3 rings (SSSR count). The molecule has 0 bridgehead atoms. The van der Waals surface area contributed by atoms with Crippen LogP contribution >= 0.6 is 15.9 Å². The maximum atomic E-state index is 12.5. The Morgan fingerprint density at radius 2 is 1.82 bits per heavy atom. The van der Waals surface area contributed by atoms with Crippen LogP contribution in [-0.4, -0.2) is 24.4 Å². The van der Waals surface area contributed by atoms with Gasteiger partial charge in [0.1, 0.15) is 5.70 Å². The Bertz CT molecular complexity index is 923. The Hall–Kier alpha value is -3.13. The number of hydrogen-bond donors (Lipinski definition) is 2. The molecule has 0 aromatic heterocycles. The molecule has 7 nitrogen and oxygen atoms in total. The number of anilines is 2. The minimum atomic E-state index is -0.416. The van der Waals surface area contributed by atoms with Crippen molar-refractivity contribution in [3.63, 3.8) is 0 Å². The fraction of sp³-hybridized carbons (Fsp3) is 0.150. The van der Waals surface area contributed by atoms with Gasteiger partial charge in [0.2, 0.25) is 5.91 Å². The zero-order valence-corrected chi connectivity index (χ0v) is 16.7. The number of nitrogens with zero attached hydrogens (tertiary/aromatic N) is 1. The highest BCUT2D eigenvalue weighted by atomic mass is 79.9. The minimum absolute atomic E-state index is 0.105. The smallest absolute Gasteiger partial charge is 0.338 e. The van der Waals surface area contributed by atoms with Gasteiger partial charge in [0.25, 0.3) is 5.91 Å². The molecule has 2 aromatic carbocycles. The number of carbonyl (C=O) groups excluding carboxylic acids is 3. The van der Waals surface area contributed by atoms with Gasteiger partial charge in [0.05, 0.1) is 17.9 Å². The summed E-state index contributed by atoms with van der Waals surface area (Å²) in [5.41, 5.74) is 4.67. The SMILES string of the molecule is CCOC(=O)c1ccc(NC(=O)C2=CCC(=O)N(c3ccc(Br)cc3)N2)cc1. The van der Waals surface area contributed by atoms with Crippen molar-refractivity contribution in [3.05, 3.63) is 70.3 Å². The van der Waals surface area contributed by atoms with Crippen LogP contribution in [-0.2, 0) is 14.3 Å². The van der Waals surface area contributed by atoms with Crippen molar-refractivity contribution in [2.75, 3.05) is 16.9 Å². The van der Waals surface area contributed by atoms with Gasteiger partial charge in [0, 0.05) is 16.6 Å². The molecular weight excluding hydrogens is 426 g/mol. The Morgan fingerprint density at radius 1 is 1.14 bits per heavy atom. The van der Waals surface area contributed by atoms with Crippen molar-refractivity contribution in [1.82, 2.24) is 5.43 Å². The number of esters is 1. The number of nitrogens with one attached hydrogen (secondary N) is 2. The third kappa shape index (κ3) is 4.58. The van der Waals surface area contributed by atoms with E-state index in [4.69, 9.17) is 4.74 Å². The molecule has 28 heavy (non-hydrogen) atoms. The number of ether oxygens (including phenoxy) is 1. The zero-order valence-electron chi connectivity index (χ0n) is 15.1. The molecule has 2 N–H and O–H groups in total. The van der Waals surface area contributed by atoms with Crippen molar-refractivity contribution in [2.24, 2.45) is 0 Å². The van der Waals surface area contributed by atoms with Crippen LogP contribution in [0.2, 0.25) is 0 Å². The van der Waals surface area contributed by atoms with E-state index in [1.165, 1.54) is 5.01 Å². The summed E-state index contributed by atoms with van der Waals surface area (Å²) < 4.78 is 5.82. The first-order valence-corrected chi connectivity index (χ1v) is 9.41. The van der Waals surface area contributed by atoms with E-state index >= 15 is 0 Å². The number of benzene rings is 2. The van der Waals surface area contributed by atoms with Crippen LogP contribution < -0.4 is 15.8 Å². The third-order valence-corrected chi connectivity index (χ3v) is 4.47. The first-order valence-electron chi connectivity index (χ1n) is 8.62. The van der Waals surface area contributed by atoms with E-state index in [2.05, 4.69) is 26.7 Å². The van der Waals surface area contributed by atoms with Gasteiger partial charge in [0.15, 0.2) is 0 Å². The molecule has 8 heteroatoms. The molecule has 1 heterocycles. The van der Waals surface area contributed by atoms with Crippen molar-refractivity contribution < 1.29 is 19.1 Å². The molecule has 2 aromatic rings. The molecule has 0 aliphatic carbocycles. The summed E-state index contributed by atoms with van der Waals surface area (Å²) in [6.45, 7) is 2.03. The lowest BCUT2D eigenvalue weighted by Crippen LogP contribution is -2.47. The molecule has 1 aliphatic heterocycles. The van der Waals surface area contributed by atoms with Crippen LogP contribution in [0.1, 0.15) is 23.7 Å². The van der Waals surface area contributed by atoms with Crippen molar-refractivity contribution in [3.8, 4) is 0 Å². The average Bonchev–Trinajstić information content (AvgIpc) is 2.70. The highest BCUT2D eigenvalue weighted by Crippen LogP contribution is 2.21. The van der Waals surface area contributed by atoms with Gasteiger partial charge < -0.3 is 10.1 Å². The van der Waals surface area contributed by atoms with E-state index in [0.717, 1.165) is 4.47 Å². The highest BCUT2D eigenvalue weighted by Gasteiger charge is 2.24. The Labute approximate surface area is 170 Å². The van der Waals surface area contributed by atoms with Crippen LogP contribution in [0.25, 0.3) is 0 Å². The van der Waals surface area contributed by atoms with Gasteiger partial charge in [-0.15, -0.1) is 0 Å². The summed E-state index contributed by atoms with van der Waals surface area (Å²) in [7, 11) is 0. The van der Waals surface area contributed by atoms with E-state index < -0.39 is 11.9 Å². The minimum Gasteiger partial charge on any atom is -0.462 e.